The molecule has 1 fully saturated rings. The highest BCUT2D eigenvalue weighted by molar-refractivity contribution is 7.11. The summed E-state index contributed by atoms with van der Waals surface area (Å²) in [5.74, 6) is 0. The van der Waals surface area contributed by atoms with Crippen molar-refractivity contribution in [2.75, 3.05) is 19.6 Å². The molecule has 2 rings (SSSR count). The zero-order chi connectivity index (χ0) is 11.6. The van der Waals surface area contributed by atoms with Gasteiger partial charge in [0.25, 0.3) is 0 Å². The molecule has 0 amide bonds. The molecule has 2 heterocycles. The van der Waals surface area contributed by atoms with Crippen LogP contribution in [0, 0.1) is 0 Å². The summed E-state index contributed by atoms with van der Waals surface area (Å²) in [6.45, 7) is 11.4. The molecule has 0 saturated carbocycles. The van der Waals surface area contributed by atoms with Crippen molar-refractivity contribution in [3.05, 3.63) is 21.9 Å². The van der Waals surface area contributed by atoms with Gasteiger partial charge in [-0.3, -0.25) is 4.90 Å². The van der Waals surface area contributed by atoms with E-state index in [4.69, 9.17) is 0 Å². The first kappa shape index (κ1) is 12.1. The normalized spacial score (nSPS) is 21.2. The lowest BCUT2D eigenvalue weighted by Gasteiger charge is -2.42. The number of thiophene rings is 1. The second-order valence-electron chi connectivity index (χ2n) is 5.13. The molecule has 0 aliphatic carbocycles. The van der Waals surface area contributed by atoms with Crippen LogP contribution in [-0.4, -0.2) is 30.1 Å². The van der Waals surface area contributed by atoms with Gasteiger partial charge in [-0.25, -0.2) is 0 Å². The fraction of sp³-hybridized carbons (Fsp3) is 0.692. The number of nitrogens with one attached hydrogen (secondary N) is 1. The van der Waals surface area contributed by atoms with E-state index in [2.05, 4.69) is 43.1 Å². The Balaban J connectivity index is 2.02. The molecule has 90 valence electrons. The number of piperazine rings is 1. The molecule has 0 bridgehead atoms. The molecule has 0 aromatic carbocycles. The van der Waals surface area contributed by atoms with E-state index < -0.39 is 0 Å². The topological polar surface area (TPSA) is 15.3 Å². The second-order valence-corrected chi connectivity index (χ2v) is 6.39. The Morgan fingerprint density at radius 2 is 2.12 bits per heavy atom. The number of nitrogens with zero attached hydrogens (tertiary/aromatic N) is 1. The van der Waals surface area contributed by atoms with Gasteiger partial charge in [-0.05, 0) is 32.4 Å². The van der Waals surface area contributed by atoms with Gasteiger partial charge in [-0.1, -0.05) is 6.92 Å². The number of rotatable bonds is 3. The van der Waals surface area contributed by atoms with Crippen LogP contribution in [0.4, 0.5) is 0 Å². The fourth-order valence-corrected chi connectivity index (χ4v) is 3.17. The maximum atomic E-state index is 3.47. The summed E-state index contributed by atoms with van der Waals surface area (Å²) in [6.07, 6.45) is 1.16. The third-order valence-electron chi connectivity index (χ3n) is 3.38. The van der Waals surface area contributed by atoms with Crippen LogP contribution in [-0.2, 0) is 13.0 Å². The molecule has 16 heavy (non-hydrogen) atoms. The van der Waals surface area contributed by atoms with Crippen molar-refractivity contribution >= 4 is 11.3 Å². The van der Waals surface area contributed by atoms with Gasteiger partial charge in [0.05, 0.1) is 0 Å². The number of hydrogen-bond acceptors (Lipinski definition) is 3. The van der Waals surface area contributed by atoms with E-state index in [9.17, 15) is 0 Å². The van der Waals surface area contributed by atoms with Crippen LogP contribution in [0.3, 0.4) is 0 Å². The molecule has 2 nitrogen and oxygen atoms in total. The Hall–Kier alpha value is -0.380. The third kappa shape index (κ3) is 2.65. The lowest BCUT2D eigenvalue weighted by Crippen LogP contribution is -2.57. The summed E-state index contributed by atoms with van der Waals surface area (Å²) in [4.78, 5) is 5.60. The average Bonchev–Trinajstić information content (AvgIpc) is 2.69. The van der Waals surface area contributed by atoms with Crippen LogP contribution in [0.1, 0.15) is 30.5 Å². The maximum Gasteiger partial charge on any atom is 0.0334 e. The van der Waals surface area contributed by atoms with E-state index in [0.29, 0.717) is 0 Å². The minimum Gasteiger partial charge on any atom is -0.314 e. The average molecular weight is 238 g/mol. The standard InChI is InChI=1S/C13H22N2S/c1-4-11-5-6-12(16-11)9-15-8-7-14-10-13(15,2)3/h5-6,14H,4,7-10H2,1-3H3. The third-order valence-corrected chi connectivity index (χ3v) is 4.60. The first-order chi connectivity index (χ1) is 7.62. The molecular weight excluding hydrogens is 216 g/mol. The van der Waals surface area contributed by atoms with E-state index in [1.54, 1.807) is 0 Å². The Labute approximate surface area is 103 Å². The van der Waals surface area contributed by atoms with Gasteiger partial charge in [0.1, 0.15) is 0 Å². The van der Waals surface area contributed by atoms with Gasteiger partial charge in [0, 0.05) is 41.5 Å². The van der Waals surface area contributed by atoms with Crippen LogP contribution in [0.2, 0.25) is 0 Å². The van der Waals surface area contributed by atoms with Crippen molar-refractivity contribution in [1.29, 1.82) is 0 Å². The lowest BCUT2D eigenvalue weighted by atomic mass is 10.0. The van der Waals surface area contributed by atoms with E-state index in [-0.39, 0.29) is 5.54 Å². The Bertz CT molecular complexity index is 343. The van der Waals surface area contributed by atoms with Gasteiger partial charge in [0.2, 0.25) is 0 Å². The van der Waals surface area contributed by atoms with Crippen LogP contribution in [0.25, 0.3) is 0 Å². The van der Waals surface area contributed by atoms with Crippen molar-refractivity contribution < 1.29 is 0 Å². The minimum atomic E-state index is 0.286. The van der Waals surface area contributed by atoms with Crippen LogP contribution in [0.5, 0.6) is 0 Å². The summed E-state index contributed by atoms with van der Waals surface area (Å²) in [5.41, 5.74) is 0.286. The Morgan fingerprint density at radius 3 is 2.75 bits per heavy atom. The van der Waals surface area contributed by atoms with Crippen molar-refractivity contribution in [2.45, 2.75) is 39.3 Å². The number of aryl methyl sites for hydroxylation is 1. The van der Waals surface area contributed by atoms with E-state index in [0.717, 1.165) is 32.6 Å². The molecule has 1 N–H and O–H groups in total. The quantitative estimate of drug-likeness (QED) is 0.870. The van der Waals surface area contributed by atoms with Gasteiger partial charge in [-0.2, -0.15) is 0 Å². The molecule has 1 aromatic heterocycles. The highest BCUT2D eigenvalue weighted by Gasteiger charge is 2.29. The fourth-order valence-electron chi connectivity index (χ4n) is 2.20. The zero-order valence-electron chi connectivity index (χ0n) is 10.5. The van der Waals surface area contributed by atoms with Crippen molar-refractivity contribution in [1.82, 2.24) is 10.2 Å². The first-order valence-corrected chi connectivity index (χ1v) is 6.97. The minimum absolute atomic E-state index is 0.286. The maximum absolute atomic E-state index is 3.47. The predicted molar refractivity (Wildman–Crippen MR) is 71.1 cm³/mol. The molecule has 1 saturated heterocycles. The summed E-state index contributed by atoms with van der Waals surface area (Å²) in [7, 11) is 0. The predicted octanol–water partition coefficient (Wildman–Crippen LogP) is 2.49. The summed E-state index contributed by atoms with van der Waals surface area (Å²) in [6, 6.07) is 4.57. The molecule has 1 aromatic rings. The summed E-state index contributed by atoms with van der Waals surface area (Å²) in [5, 5.41) is 3.47. The van der Waals surface area contributed by atoms with E-state index in [1.165, 1.54) is 9.75 Å². The van der Waals surface area contributed by atoms with Gasteiger partial charge < -0.3 is 5.32 Å². The molecular formula is C13H22N2S. The van der Waals surface area contributed by atoms with E-state index in [1.807, 2.05) is 11.3 Å². The highest BCUT2D eigenvalue weighted by atomic mass is 32.1. The lowest BCUT2D eigenvalue weighted by molar-refractivity contribution is 0.0838. The van der Waals surface area contributed by atoms with Gasteiger partial charge in [0.15, 0.2) is 0 Å². The monoisotopic (exact) mass is 238 g/mol. The summed E-state index contributed by atoms with van der Waals surface area (Å²) >= 11 is 1.97. The molecule has 0 radical (unpaired) electrons. The largest absolute Gasteiger partial charge is 0.314 e. The van der Waals surface area contributed by atoms with Gasteiger partial charge >= 0.3 is 0 Å². The highest BCUT2D eigenvalue weighted by Crippen LogP contribution is 2.23. The molecule has 3 heteroatoms. The smallest absolute Gasteiger partial charge is 0.0334 e. The SMILES string of the molecule is CCc1ccc(CN2CCNCC2(C)C)s1. The molecule has 1 aliphatic heterocycles. The first-order valence-electron chi connectivity index (χ1n) is 6.15. The summed E-state index contributed by atoms with van der Waals surface area (Å²) < 4.78 is 0. The molecule has 0 spiro atoms. The Morgan fingerprint density at radius 1 is 1.38 bits per heavy atom. The molecule has 1 aliphatic rings. The molecule has 0 unspecified atom stereocenters. The van der Waals surface area contributed by atoms with Crippen molar-refractivity contribution in [3.8, 4) is 0 Å². The Kier molecular flexibility index (Phi) is 3.67. The van der Waals surface area contributed by atoms with Gasteiger partial charge in [-0.15, -0.1) is 11.3 Å². The molecule has 0 atom stereocenters. The van der Waals surface area contributed by atoms with Crippen LogP contribution >= 0.6 is 11.3 Å². The van der Waals surface area contributed by atoms with E-state index >= 15 is 0 Å². The number of hydrogen-bond donors (Lipinski definition) is 1. The van der Waals surface area contributed by atoms with Crippen LogP contribution < -0.4 is 5.32 Å². The van der Waals surface area contributed by atoms with Crippen molar-refractivity contribution in [2.24, 2.45) is 0 Å². The zero-order valence-corrected chi connectivity index (χ0v) is 11.4. The van der Waals surface area contributed by atoms with Crippen molar-refractivity contribution in [3.63, 3.8) is 0 Å². The van der Waals surface area contributed by atoms with Crippen LogP contribution in [0.15, 0.2) is 12.1 Å². The second kappa shape index (κ2) is 4.86.